The van der Waals surface area contributed by atoms with E-state index in [2.05, 4.69) is 9.82 Å². The van der Waals surface area contributed by atoms with Crippen LogP contribution in [0.1, 0.15) is 44.2 Å². The van der Waals surface area contributed by atoms with Gasteiger partial charge in [0.1, 0.15) is 0 Å². The summed E-state index contributed by atoms with van der Waals surface area (Å²) in [7, 11) is -3.43. The van der Waals surface area contributed by atoms with Crippen LogP contribution in [0.15, 0.2) is 29.1 Å². The maximum Gasteiger partial charge on any atom is 0.416 e. The molecule has 1 N–H and O–H groups in total. The fourth-order valence-corrected chi connectivity index (χ4v) is 4.19. The molecule has 7 nitrogen and oxygen atoms in total. The summed E-state index contributed by atoms with van der Waals surface area (Å²) >= 11 is 0. The van der Waals surface area contributed by atoms with E-state index in [1.165, 1.54) is 16.7 Å². The number of rotatable bonds is 9. The van der Waals surface area contributed by atoms with E-state index in [4.69, 9.17) is 0 Å². The van der Waals surface area contributed by atoms with Gasteiger partial charge in [-0.05, 0) is 31.4 Å². The van der Waals surface area contributed by atoms with Gasteiger partial charge in [0.25, 0.3) is 0 Å². The molecule has 29 heavy (non-hydrogen) atoms. The van der Waals surface area contributed by atoms with Crippen LogP contribution >= 0.6 is 0 Å². The predicted octanol–water partition coefficient (Wildman–Crippen LogP) is 2.79. The molecule has 1 aromatic carbocycles. The number of unbranched alkanes of at least 4 members (excludes halogenated alkanes) is 1. The summed E-state index contributed by atoms with van der Waals surface area (Å²) < 4.78 is 67.8. The highest BCUT2D eigenvalue weighted by molar-refractivity contribution is 7.89. The third-order valence-electron chi connectivity index (χ3n) is 4.64. The highest BCUT2D eigenvalue weighted by Crippen LogP contribution is 2.37. The molecule has 160 valence electrons. The number of hydrogen-bond acceptors (Lipinski definition) is 4. The number of aromatic nitrogens is 3. The molecular formula is C18H23F3N4O3S. The van der Waals surface area contributed by atoms with Crippen LogP contribution in [0.2, 0.25) is 0 Å². The fraction of sp³-hybridized carbons (Fsp3) is 0.556. The number of benzene rings is 1. The first-order chi connectivity index (χ1) is 13.6. The van der Waals surface area contributed by atoms with E-state index in [9.17, 15) is 26.4 Å². The summed E-state index contributed by atoms with van der Waals surface area (Å²) in [5.74, 6) is 0.169. The molecule has 11 heteroatoms. The number of hydrogen-bond donors (Lipinski definition) is 1. The van der Waals surface area contributed by atoms with Gasteiger partial charge in [-0.15, -0.1) is 5.10 Å². The minimum atomic E-state index is -4.50. The van der Waals surface area contributed by atoms with E-state index in [-0.39, 0.29) is 36.3 Å². The summed E-state index contributed by atoms with van der Waals surface area (Å²) in [4.78, 5) is 12.7. The van der Waals surface area contributed by atoms with Crippen LogP contribution in [0.3, 0.4) is 0 Å². The zero-order valence-electron chi connectivity index (χ0n) is 15.9. The van der Waals surface area contributed by atoms with Gasteiger partial charge in [0.2, 0.25) is 10.0 Å². The van der Waals surface area contributed by atoms with E-state index in [0.717, 1.165) is 36.1 Å². The Hall–Kier alpha value is -2.14. The molecule has 3 rings (SSSR count). The fourth-order valence-electron chi connectivity index (χ4n) is 2.97. The third kappa shape index (κ3) is 5.27. The van der Waals surface area contributed by atoms with Crippen molar-refractivity contribution in [1.29, 1.82) is 0 Å². The van der Waals surface area contributed by atoms with Gasteiger partial charge in [-0.3, -0.25) is 4.57 Å². The first-order valence-electron chi connectivity index (χ1n) is 9.46. The van der Waals surface area contributed by atoms with E-state index >= 15 is 0 Å². The van der Waals surface area contributed by atoms with Crippen molar-refractivity contribution in [2.75, 3.05) is 12.3 Å². The third-order valence-corrected chi connectivity index (χ3v) is 6.11. The number of halogens is 3. The van der Waals surface area contributed by atoms with Crippen LogP contribution in [-0.2, 0) is 22.7 Å². The summed E-state index contributed by atoms with van der Waals surface area (Å²) in [5, 5.41) is 4.21. The molecule has 0 aliphatic heterocycles. The summed E-state index contributed by atoms with van der Waals surface area (Å²) in [5.41, 5.74) is -1.07. The van der Waals surface area contributed by atoms with Crippen LogP contribution in [0, 0.1) is 0 Å². The second-order valence-corrected chi connectivity index (χ2v) is 9.00. The molecule has 1 aliphatic rings. The molecule has 1 aromatic heterocycles. The largest absolute Gasteiger partial charge is 0.416 e. The molecule has 1 heterocycles. The zero-order valence-corrected chi connectivity index (χ0v) is 16.8. The molecule has 1 saturated carbocycles. The molecule has 0 spiro atoms. The highest BCUT2D eigenvalue weighted by Gasteiger charge is 2.33. The smallest absolute Gasteiger partial charge is 0.272 e. The second-order valence-electron chi connectivity index (χ2n) is 7.08. The number of nitrogens with one attached hydrogen (secondary N) is 1. The van der Waals surface area contributed by atoms with Gasteiger partial charge < -0.3 is 0 Å². The van der Waals surface area contributed by atoms with Gasteiger partial charge in [0, 0.05) is 18.2 Å². The molecule has 0 saturated heterocycles. The number of alkyl halides is 3. The minimum absolute atomic E-state index is 0.00410. The molecule has 0 bridgehead atoms. The van der Waals surface area contributed by atoms with Gasteiger partial charge in [0.15, 0.2) is 5.82 Å². The van der Waals surface area contributed by atoms with Crippen LogP contribution < -0.4 is 10.4 Å². The Morgan fingerprint density at radius 3 is 2.62 bits per heavy atom. The van der Waals surface area contributed by atoms with Crippen LogP contribution in [0.4, 0.5) is 13.2 Å². The van der Waals surface area contributed by atoms with E-state index < -0.39 is 27.5 Å². The molecule has 0 amide bonds. The monoisotopic (exact) mass is 432 g/mol. The Labute approximate surface area is 166 Å². The van der Waals surface area contributed by atoms with Crippen molar-refractivity contribution >= 4 is 10.0 Å². The van der Waals surface area contributed by atoms with Gasteiger partial charge in [-0.1, -0.05) is 25.5 Å². The average molecular weight is 432 g/mol. The maximum atomic E-state index is 13.0. The van der Waals surface area contributed by atoms with Crippen molar-refractivity contribution in [1.82, 2.24) is 19.1 Å². The summed E-state index contributed by atoms with van der Waals surface area (Å²) in [6.45, 7) is 1.86. The van der Waals surface area contributed by atoms with E-state index in [0.29, 0.717) is 6.42 Å². The Balaban J connectivity index is 1.84. The summed E-state index contributed by atoms with van der Waals surface area (Å²) in [6, 6.07) is 4.60. The molecule has 2 aromatic rings. The molecule has 0 atom stereocenters. The normalized spacial score (nSPS) is 15.0. The molecule has 1 fully saturated rings. The van der Waals surface area contributed by atoms with Gasteiger partial charge >= 0.3 is 11.9 Å². The van der Waals surface area contributed by atoms with E-state index in [1.54, 1.807) is 0 Å². The second kappa shape index (κ2) is 8.31. The maximum absolute atomic E-state index is 13.0. The molecule has 0 unspecified atom stereocenters. The minimum Gasteiger partial charge on any atom is -0.272 e. The average Bonchev–Trinajstić information content (AvgIpc) is 3.44. The van der Waals surface area contributed by atoms with Crippen molar-refractivity contribution in [3.63, 3.8) is 0 Å². The SMILES string of the molecule is CCCCS(=O)(=O)NCCn1nc(-c2cccc(C(F)(F)F)c2)n(C2CC2)c1=O. The number of nitrogens with zero attached hydrogens (tertiary/aromatic N) is 3. The van der Waals surface area contributed by atoms with Crippen LogP contribution in [0.5, 0.6) is 0 Å². The topological polar surface area (TPSA) is 86.0 Å². The van der Waals surface area contributed by atoms with Gasteiger partial charge in [0.05, 0.1) is 17.9 Å². The molecular weight excluding hydrogens is 409 g/mol. The Morgan fingerprint density at radius 1 is 1.28 bits per heavy atom. The first-order valence-corrected chi connectivity index (χ1v) is 11.1. The lowest BCUT2D eigenvalue weighted by atomic mass is 10.1. The van der Waals surface area contributed by atoms with Crippen LogP contribution in [-0.4, -0.2) is 35.1 Å². The lowest BCUT2D eigenvalue weighted by Gasteiger charge is -2.09. The standard InChI is InChI=1S/C18H23F3N4O3S/c1-2-3-11-29(27,28)22-9-10-24-17(26)25(15-7-8-15)16(23-24)13-5-4-6-14(12-13)18(19,20)21/h4-6,12,15,22H,2-3,7-11H2,1H3. The zero-order chi connectivity index (χ0) is 21.2. The summed E-state index contributed by atoms with van der Waals surface area (Å²) in [6.07, 6.45) is -1.72. The van der Waals surface area contributed by atoms with Gasteiger partial charge in [-0.25, -0.2) is 22.6 Å². The van der Waals surface area contributed by atoms with Crippen molar-refractivity contribution in [3.8, 4) is 11.4 Å². The van der Waals surface area contributed by atoms with Crippen molar-refractivity contribution < 1.29 is 21.6 Å². The quantitative estimate of drug-likeness (QED) is 0.660. The van der Waals surface area contributed by atoms with Crippen LogP contribution in [0.25, 0.3) is 11.4 Å². The Bertz CT molecular complexity index is 1020. The van der Waals surface area contributed by atoms with Gasteiger partial charge in [-0.2, -0.15) is 13.2 Å². The first kappa shape index (κ1) is 21.6. The van der Waals surface area contributed by atoms with Crippen molar-refractivity contribution in [2.24, 2.45) is 0 Å². The Kier molecular flexibility index (Phi) is 6.18. The van der Waals surface area contributed by atoms with Crippen molar-refractivity contribution in [2.45, 2.75) is 51.4 Å². The lowest BCUT2D eigenvalue weighted by Crippen LogP contribution is -2.33. The number of sulfonamides is 1. The lowest BCUT2D eigenvalue weighted by molar-refractivity contribution is -0.137. The van der Waals surface area contributed by atoms with E-state index in [1.807, 2.05) is 6.92 Å². The predicted molar refractivity (Wildman–Crippen MR) is 102 cm³/mol. The Morgan fingerprint density at radius 2 is 2.00 bits per heavy atom. The highest BCUT2D eigenvalue weighted by atomic mass is 32.2. The molecule has 0 radical (unpaired) electrons. The van der Waals surface area contributed by atoms with Crippen molar-refractivity contribution in [3.05, 3.63) is 40.3 Å². The molecule has 1 aliphatic carbocycles.